The Morgan fingerprint density at radius 3 is 1.95 bits per heavy atom. The maximum absolute atomic E-state index is 12.6. The summed E-state index contributed by atoms with van der Waals surface area (Å²) >= 11 is 0. The van der Waals surface area contributed by atoms with Crippen molar-refractivity contribution in [3.8, 4) is 11.5 Å². The lowest BCUT2D eigenvalue weighted by Gasteiger charge is -2.13. The van der Waals surface area contributed by atoms with E-state index in [0.717, 1.165) is 40.5 Å². The fourth-order valence-corrected chi connectivity index (χ4v) is 3.93. The number of benzene rings is 4. The second kappa shape index (κ2) is 13.0. The third-order valence-corrected chi connectivity index (χ3v) is 5.91. The normalized spacial score (nSPS) is 10.8. The molecule has 0 aliphatic heterocycles. The predicted molar refractivity (Wildman–Crippen MR) is 152 cm³/mol. The van der Waals surface area contributed by atoms with Crippen molar-refractivity contribution in [1.82, 2.24) is 5.43 Å². The number of amides is 1. The first-order chi connectivity index (χ1) is 19.7. The molecule has 0 heterocycles. The van der Waals surface area contributed by atoms with Gasteiger partial charge in [0.25, 0.3) is 17.3 Å². The summed E-state index contributed by atoms with van der Waals surface area (Å²) in [6, 6.07) is 23.7. The van der Waals surface area contributed by atoms with E-state index in [9.17, 15) is 25.0 Å². The molecule has 4 aromatic rings. The first-order valence-corrected chi connectivity index (χ1v) is 12.5. The van der Waals surface area contributed by atoms with Crippen molar-refractivity contribution in [3.63, 3.8) is 0 Å². The number of ether oxygens (including phenoxy) is 2. The topological polar surface area (TPSA) is 146 Å². The first kappa shape index (κ1) is 28.4. The maximum Gasteiger partial charge on any atom is 0.277 e. The summed E-state index contributed by atoms with van der Waals surface area (Å²) in [4.78, 5) is 33.2. The smallest absolute Gasteiger partial charge is 0.277 e. The average Bonchev–Trinajstić information content (AvgIpc) is 2.95. The van der Waals surface area contributed by atoms with Crippen LogP contribution in [0.1, 0.15) is 38.2 Å². The molecule has 0 bridgehead atoms. The van der Waals surface area contributed by atoms with Gasteiger partial charge in [0.05, 0.1) is 27.7 Å². The number of nitrogens with zero attached hydrogens (tertiary/aromatic N) is 3. The Kier molecular flexibility index (Phi) is 9.00. The number of hydrazone groups is 1. The minimum absolute atomic E-state index is 0.271. The summed E-state index contributed by atoms with van der Waals surface area (Å²) in [5.41, 5.74) is 5.52. The van der Waals surface area contributed by atoms with Gasteiger partial charge in [0, 0.05) is 23.8 Å². The Morgan fingerprint density at radius 2 is 1.39 bits per heavy atom. The molecular formula is C30H26N4O7. The van der Waals surface area contributed by atoms with E-state index in [0.29, 0.717) is 23.7 Å². The zero-order chi connectivity index (χ0) is 29.4. The van der Waals surface area contributed by atoms with Gasteiger partial charge in [0.2, 0.25) is 0 Å². The lowest BCUT2D eigenvalue weighted by Crippen LogP contribution is -2.18. The molecular weight excluding hydrogens is 528 g/mol. The molecule has 41 heavy (non-hydrogen) atoms. The van der Waals surface area contributed by atoms with Crippen molar-refractivity contribution in [3.05, 3.63) is 139 Å². The second-order valence-corrected chi connectivity index (χ2v) is 9.21. The fraction of sp³-hybridized carbons (Fsp3) is 0.133. The van der Waals surface area contributed by atoms with Gasteiger partial charge in [-0.15, -0.1) is 0 Å². The molecule has 208 valence electrons. The van der Waals surface area contributed by atoms with Gasteiger partial charge in [-0.25, -0.2) is 5.43 Å². The molecule has 1 N–H and O–H groups in total. The van der Waals surface area contributed by atoms with Crippen molar-refractivity contribution in [2.24, 2.45) is 5.10 Å². The van der Waals surface area contributed by atoms with Crippen LogP contribution in [0, 0.1) is 34.1 Å². The molecule has 0 saturated heterocycles. The quantitative estimate of drug-likeness (QED) is 0.135. The van der Waals surface area contributed by atoms with E-state index >= 15 is 0 Å². The van der Waals surface area contributed by atoms with Crippen LogP contribution >= 0.6 is 0 Å². The van der Waals surface area contributed by atoms with Crippen molar-refractivity contribution in [2.75, 3.05) is 0 Å². The molecule has 0 aromatic heterocycles. The van der Waals surface area contributed by atoms with Gasteiger partial charge in [-0.3, -0.25) is 25.0 Å². The first-order valence-electron chi connectivity index (χ1n) is 12.5. The molecule has 4 aromatic carbocycles. The molecule has 0 fully saturated rings. The number of rotatable bonds is 11. The number of nitro benzene ring substituents is 2. The zero-order valence-electron chi connectivity index (χ0n) is 22.3. The van der Waals surface area contributed by atoms with Crippen molar-refractivity contribution < 1.29 is 24.1 Å². The summed E-state index contributed by atoms with van der Waals surface area (Å²) < 4.78 is 12.1. The highest BCUT2D eigenvalue weighted by atomic mass is 16.6. The van der Waals surface area contributed by atoms with Crippen LogP contribution in [0.3, 0.4) is 0 Å². The van der Waals surface area contributed by atoms with Gasteiger partial charge >= 0.3 is 0 Å². The van der Waals surface area contributed by atoms with Crippen molar-refractivity contribution >= 4 is 23.5 Å². The van der Waals surface area contributed by atoms with Gasteiger partial charge in [0.1, 0.15) is 24.7 Å². The molecule has 0 saturated carbocycles. The number of non-ortho nitro benzene ring substituents is 2. The van der Waals surface area contributed by atoms with Gasteiger partial charge in [0.15, 0.2) is 0 Å². The van der Waals surface area contributed by atoms with Gasteiger partial charge in [-0.2, -0.15) is 5.10 Å². The van der Waals surface area contributed by atoms with E-state index in [4.69, 9.17) is 9.47 Å². The number of hydrogen-bond acceptors (Lipinski definition) is 8. The predicted octanol–water partition coefficient (Wildman–Crippen LogP) is 6.04. The number of nitrogens with one attached hydrogen (secondary N) is 1. The van der Waals surface area contributed by atoms with Crippen LogP contribution in [0.15, 0.2) is 90.0 Å². The Balaban J connectivity index is 1.53. The molecule has 1 amide bonds. The molecule has 11 heteroatoms. The van der Waals surface area contributed by atoms with Gasteiger partial charge in [-0.1, -0.05) is 59.7 Å². The van der Waals surface area contributed by atoms with Crippen LogP contribution in [0.4, 0.5) is 11.4 Å². The maximum atomic E-state index is 12.6. The second-order valence-electron chi connectivity index (χ2n) is 9.21. The highest BCUT2D eigenvalue weighted by Crippen LogP contribution is 2.26. The Hall–Kier alpha value is -5.58. The Morgan fingerprint density at radius 1 is 0.805 bits per heavy atom. The Labute approximate surface area is 235 Å². The third kappa shape index (κ3) is 7.96. The lowest BCUT2D eigenvalue weighted by atomic mass is 10.1. The molecule has 0 radical (unpaired) electrons. The highest BCUT2D eigenvalue weighted by Gasteiger charge is 2.19. The van der Waals surface area contributed by atoms with Crippen LogP contribution in [0.2, 0.25) is 0 Å². The summed E-state index contributed by atoms with van der Waals surface area (Å²) in [5, 5.41) is 26.2. The molecule has 0 aliphatic rings. The lowest BCUT2D eigenvalue weighted by molar-refractivity contribution is -0.394. The van der Waals surface area contributed by atoms with Crippen LogP contribution in [0.5, 0.6) is 11.5 Å². The standard InChI is InChI=1S/C30H26N4O7/c1-20-5-3-7-22(11-20)18-40-28-10-9-24(29(16-28)41-19-23-8-4-6-21(2)12-23)17-31-32-30(35)25-13-26(33(36)37)15-27(14-25)34(38)39/h3-17H,18-19H2,1-2H3,(H,32,35). The average molecular weight is 555 g/mol. The van der Waals surface area contributed by atoms with E-state index in [-0.39, 0.29) is 12.2 Å². The van der Waals surface area contributed by atoms with Gasteiger partial charge < -0.3 is 9.47 Å². The minimum atomic E-state index is -0.853. The molecule has 0 atom stereocenters. The van der Waals surface area contributed by atoms with Gasteiger partial charge in [-0.05, 0) is 37.1 Å². The molecule has 4 rings (SSSR count). The van der Waals surface area contributed by atoms with E-state index in [2.05, 4.69) is 10.5 Å². The molecule has 0 unspecified atom stereocenters. The number of aryl methyl sites for hydroxylation is 2. The number of hydrogen-bond donors (Lipinski definition) is 1. The van der Waals surface area contributed by atoms with E-state index in [1.54, 1.807) is 18.2 Å². The molecule has 0 spiro atoms. The van der Waals surface area contributed by atoms with Crippen molar-refractivity contribution in [1.29, 1.82) is 0 Å². The van der Waals surface area contributed by atoms with E-state index in [1.165, 1.54) is 6.21 Å². The summed E-state index contributed by atoms with van der Waals surface area (Å²) in [5.74, 6) is 0.154. The molecule has 11 nitrogen and oxygen atoms in total. The Bertz CT molecular complexity index is 1600. The number of carbonyl (C=O) groups is 1. The van der Waals surface area contributed by atoms with Crippen LogP contribution in [-0.4, -0.2) is 22.0 Å². The monoisotopic (exact) mass is 554 g/mol. The molecule has 0 aliphatic carbocycles. The fourth-order valence-electron chi connectivity index (χ4n) is 3.93. The third-order valence-electron chi connectivity index (χ3n) is 5.91. The van der Waals surface area contributed by atoms with Crippen LogP contribution in [-0.2, 0) is 13.2 Å². The van der Waals surface area contributed by atoms with E-state index in [1.807, 2.05) is 62.4 Å². The summed E-state index contributed by atoms with van der Waals surface area (Å²) in [6.07, 6.45) is 1.35. The van der Waals surface area contributed by atoms with Crippen LogP contribution in [0.25, 0.3) is 0 Å². The largest absolute Gasteiger partial charge is 0.489 e. The summed E-state index contributed by atoms with van der Waals surface area (Å²) in [6.45, 7) is 4.62. The summed E-state index contributed by atoms with van der Waals surface area (Å²) in [7, 11) is 0. The van der Waals surface area contributed by atoms with E-state index < -0.39 is 27.1 Å². The zero-order valence-corrected chi connectivity index (χ0v) is 22.3. The van der Waals surface area contributed by atoms with Crippen LogP contribution < -0.4 is 14.9 Å². The SMILES string of the molecule is Cc1cccc(COc2ccc(C=NNC(=O)c3cc([N+](=O)[O-])cc([N+](=O)[O-])c3)c(OCc3cccc(C)c3)c2)c1. The minimum Gasteiger partial charge on any atom is -0.489 e. The number of carbonyl (C=O) groups excluding carboxylic acids is 1. The van der Waals surface area contributed by atoms with Crippen molar-refractivity contribution in [2.45, 2.75) is 27.1 Å². The highest BCUT2D eigenvalue weighted by molar-refractivity contribution is 5.96. The number of nitro groups is 2.